The molecule has 0 saturated heterocycles. The van der Waals surface area contributed by atoms with Gasteiger partial charge in [-0.1, -0.05) is 18.2 Å². The minimum absolute atomic E-state index is 0.0763. The van der Waals surface area contributed by atoms with Gasteiger partial charge in [0.25, 0.3) is 0 Å². The first-order valence-electron chi connectivity index (χ1n) is 11.3. The second-order valence-corrected chi connectivity index (χ2v) is 8.43. The van der Waals surface area contributed by atoms with Gasteiger partial charge in [-0.3, -0.25) is 9.78 Å². The Balaban J connectivity index is 1.38. The maximum atomic E-state index is 13.0. The minimum atomic E-state index is 0.0763. The number of amides is 1. The maximum Gasteiger partial charge on any atom is 0.233 e. The Morgan fingerprint density at radius 3 is 2.65 bits per heavy atom. The molecule has 4 aromatic rings. The molecule has 0 fully saturated rings. The van der Waals surface area contributed by atoms with E-state index in [0.29, 0.717) is 30.9 Å². The molecule has 1 aliphatic rings. The predicted molar refractivity (Wildman–Crippen MR) is 131 cm³/mol. The largest absolute Gasteiger partial charge is 0.493 e. The first-order chi connectivity index (χ1) is 16.6. The summed E-state index contributed by atoms with van der Waals surface area (Å²) >= 11 is 0. The highest BCUT2D eigenvalue weighted by molar-refractivity contribution is 5.96. The van der Waals surface area contributed by atoms with Crippen molar-refractivity contribution in [1.29, 1.82) is 0 Å². The third-order valence-corrected chi connectivity index (χ3v) is 6.21. The Morgan fingerprint density at radius 1 is 1.03 bits per heavy atom. The normalized spacial score (nSPS) is 12.6. The van der Waals surface area contributed by atoms with Crippen LogP contribution in [0.25, 0.3) is 10.9 Å². The lowest BCUT2D eigenvalue weighted by molar-refractivity contribution is -0.117. The van der Waals surface area contributed by atoms with Gasteiger partial charge in [-0.15, -0.1) is 0 Å². The van der Waals surface area contributed by atoms with Crippen molar-refractivity contribution in [3.05, 3.63) is 83.1 Å². The van der Waals surface area contributed by atoms with Gasteiger partial charge in [0.2, 0.25) is 5.91 Å². The first-order valence-corrected chi connectivity index (χ1v) is 11.3. The van der Waals surface area contributed by atoms with E-state index in [1.165, 1.54) is 5.56 Å². The van der Waals surface area contributed by atoms with Crippen molar-refractivity contribution in [3.8, 4) is 11.5 Å². The summed E-state index contributed by atoms with van der Waals surface area (Å²) in [4.78, 5) is 28.3. The molecule has 0 spiro atoms. The zero-order valence-corrected chi connectivity index (χ0v) is 19.5. The number of carbonyl (C=O) groups is 1. The van der Waals surface area contributed by atoms with Crippen LogP contribution in [-0.2, 0) is 24.1 Å². The van der Waals surface area contributed by atoms with E-state index in [-0.39, 0.29) is 5.91 Å². The van der Waals surface area contributed by atoms with Crippen molar-refractivity contribution in [2.75, 3.05) is 25.7 Å². The number of anilines is 1. The van der Waals surface area contributed by atoms with Crippen molar-refractivity contribution >= 4 is 22.5 Å². The molecule has 5 rings (SSSR count). The van der Waals surface area contributed by atoms with E-state index in [4.69, 9.17) is 9.47 Å². The quantitative estimate of drug-likeness (QED) is 0.437. The van der Waals surface area contributed by atoms with Crippen LogP contribution >= 0.6 is 0 Å². The van der Waals surface area contributed by atoms with Crippen LogP contribution in [0.4, 0.5) is 5.69 Å². The molecule has 7 heteroatoms. The Morgan fingerprint density at radius 2 is 1.85 bits per heavy atom. The third kappa shape index (κ3) is 4.17. The Kier molecular flexibility index (Phi) is 5.84. The van der Waals surface area contributed by atoms with Crippen molar-refractivity contribution in [2.24, 2.45) is 0 Å². The molecule has 7 nitrogen and oxygen atoms in total. The molecule has 0 radical (unpaired) electrons. The molecule has 1 aliphatic heterocycles. The highest BCUT2D eigenvalue weighted by Gasteiger charge is 2.25. The minimum Gasteiger partial charge on any atom is -0.493 e. The summed E-state index contributed by atoms with van der Waals surface area (Å²) in [6.07, 6.45) is 3.38. The smallest absolute Gasteiger partial charge is 0.233 e. The van der Waals surface area contributed by atoms with Crippen LogP contribution in [0, 0.1) is 6.92 Å². The van der Waals surface area contributed by atoms with E-state index >= 15 is 0 Å². The van der Waals surface area contributed by atoms with E-state index in [1.54, 1.807) is 20.5 Å². The Labute approximate surface area is 198 Å². The molecule has 2 aromatic carbocycles. The third-order valence-electron chi connectivity index (χ3n) is 6.21. The van der Waals surface area contributed by atoms with E-state index in [0.717, 1.165) is 45.7 Å². The van der Waals surface area contributed by atoms with Gasteiger partial charge < -0.3 is 14.4 Å². The van der Waals surface area contributed by atoms with E-state index in [2.05, 4.69) is 27.1 Å². The van der Waals surface area contributed by atoms with Gasteiger partial charge in [0, 0.05) is 41.5 Å². The zero-order valence-electron chi connectivity index (χ0n) is 19.5. The molecule has 3 heterocycles. The van der Waals surface area contributed by atoms with Gasteiger partial charge in [-0.2, -0.15) is 0 Å². The van der Waals surface area contributed by atoms with E-state index in [1.807, 2.05) is 48.2 Å². The summed E-state index contributed by atoms with van der Waals surface area (Å²) in [5.74, 6) is 1.37. The SMILES string of the molecule is COc1cc2ncnc(Cc3ccc4c(c3)CCN4C(=O)Cc3cccc(C)n3)c2cc1OC. The number of hydrogen-bond donors (Lipinski definition) is 0. The molecule has 172 valence electrons. The summed E-state index contributed by atoms with van der Waals surface area (Å²) in [7, 11) is 3.23. The molecular weight excluding hydrogens is 428 g/mol. The van der Waals surface area contributed by atoms with Gasteiger partial charge in [0.05, 0.1) is 31.9 Å². The van der Waals surface area contributed by atoms with Gasteiger partial charge in [-0.05, 0) is 48.7 Å². The van der Waals surface area contributed by atoms with Crippen LogP contribution in [0.2, 0.25) is 0 Å². The second-order valence-electron chi connectivity index (χ2n) is 8.43. The van der Waals surface area contributed by atoms with Crippen LogP contribution in [-0.4, -0.2) is 41.6 Å². The topological polar surface area (TPSA) is 77.4 Å². The first kappa shape index (κ1) is 21.8. The van der Waals surface area contributed by atoms with Crippen LogP contribution in [0.1, 0.15) is 28.2 Å². The highest BCUT2D eigenvalue weighted by atomic mass is 16.5. The van der Waals surface area contributed by atoms with Gasteiger partial charge in [0.15, 0.2) is 11.5 Å². The maximum absolute atomic E-state index is 13.0. The molecule has 0 bridgehead atoms. The van der Waals surface area contributed by atoms with Crippen LogP contribution in [0.15, 0.2) is 54.9 Å². The van der Waals surface area contributed by atoms with Gasteiger partial charge in [-0.25, -0.2) is 9.97 Å². The zero-order chi connectivity index (χ0) is 23.7. The average Bonchev–Trinajstić information content (AvgIpc) is 3.27. The Hall–Kier alpha value is -4.00. The van der Waals surface area contributed by atoms with Crippen molar-refractivity contribution in [1.82, 2.24) is 15.0 Å². The van der Waals surface area contributed by atoms with Crippen LogP contribution in [0.5, 0.6) is 11.5 Å². The fourth-order valence-electron chi connectivity index (χ4n) is 4.54. The number of benzene rings is 2. The van der Waals surface area contributed by atoms with Crippen molar-refractivity contribution in [3.63, 3.8) is 0 Å². The molecule has 0 N–H and O–H groups in total. The number of carbonyl (C=O) groups excluding carboxylic acids is 1. The van der Waals surface area contributed by atoms with Crippen molar-refractivity contribution in [2.45, 2.75) is 26.2 Å². The number of methoxy groups -OCH3 is 2. The number of hydrogen-bond acceptors (Lipinski definition) is 6. The second kappa shape index (κ2) is 9.09. The molecule has 0 atom stereocenters. The molecule has 34 heavy (non-hydrogen) atoms. The predicted octanol–water partition coefficient (Wildman–Crippen LogP) is 4.07. The lowest BCUT2D eigenvalue weighted by Crippen LogP contribution is -2.30. The van der Waals surface area contributed by atoms with Crippen molar-refractivity contribution < 1.29 is 14.3 Å². The fourth-order valence-corrected chi connectivity index (χ4v) is 4.54. The fraction of sp³-hybridized carbons (Fsp3) is 0.259. The Bertz CT molecular complexity index is 1390. The number of ether oxygens (including phenoxy) is 2. The molecular formula is C27H26N4O3. The van der Waals surface area contributed by atoms with Crippen LogP contribution in [0.3, 0.4) is 0 Å². The number of aromatic nitrogens is 3. The molecule has 1 amide bonds. The summed E-state index contributed by atoms with van der Waals surface area (Å²) in [5, 5.41) is 0.933. The number of nitrogens with zero attached hydrogens (tertiary/aromatic N) is 4. The number of rotatable bonds is 6. The van der Waals surface area contributed by atoms with E-state index < -0.39 is 0 Å². The van der Waals surface area contributed by atoms with Crippen LogP contribution < -0.4 is 14.4 Å². The lowest BCUT2D eigenvalue weighted by Gasteiger charge is -2.17. The lowest BCUT2D eigenvalue weighted by atomic mass is 10.0. The number of fused-ring (bicyclic) bond motifs is 2. The highest BCUT2D eigenvalue weighted by Crippen LogP contribution is 2.34. The average molecular weight is 455 g/mol. The van der Waals surface area contributed by atoms with E-state index in [9.17, 15) is 4.79 Å². The molecule has 0 unspecified atom stereocenters. The summed E-state index contributed by atoms with van der Waals surface area (Å²) in [5.41, 5.74) is 6.76. The standard InChI is InChI=1S/C27H26N4O3/c1-17-5-4-6-20(30-17)13-27(32)31-10-9-19-11-18(7-8-24(19)31)12-22-21-14-25(33-2)26(34-3)15-23(21)29-16-28-22/h4-8,11,14-16H,9-10,12-13H2,1-3H3. The van der Waals surface area contributed by atoms with Gasteiger partial charge in [0.1, 0.15) is 6.33 Å². The molecule has 0 saturated carbocycles. The summed E-state index contributed by atoms with van der Waals surface area (Å²) in [6.45, 7) is 2.63. The van der Waals surface area contributed by atoms with Gasteiger partial charge >= 0.3 is 0 Å². The number of aryl methyl sites for hydroxylation is 1. The summed E-state index contributed by atoms with van der Waals surface area (Å²) in [6, 6.07) is 15.9. The molecule has 2 aromatic heterocycles. The molecule has 0 aliphatic carbocycles. The monoisotopic (exact) mass is 454 g/mol. The number of pyridine rings is 1. The summed E-state index contributed by atoms with van der Waals surface area (Å²) < 4.78 is 10.9.